The average molecular weight is 413 g/mol. The van der Waals surface area contributed by atoms with Gasteiger partial charge in [-0.1, -0.05) is 59.1 Å². The van der Waals surface area contributed by atoms with Gasteiger partial charge in [0.05, 0.1) is 0 Å². The molecule has 2 aromatic rings. The quantitative estimate of drug-likeness (QED) is 0.536. The van der Waals surface area contributed by atoms with Crippen LogP contribution in [0.3, 0.4) is 0 Å². The molecule has 2 aromatic carbocycles. The molecule has 0 radical (unpaired) electrons. The second kappa shape index (κ2) is 10.2. The number of benzene rings is 2. The van der Waals surface area contributed by atoms with Gasteiger partial charge in [0.15, 0.2) is 6.61 Å². The second-order valence-corrected chi connectivity index (χ2v) is 6.55. The lowest BCUT2D eigenvalue weighted by molar-refractivity contribution is -0.143. The summed E-state index contributed by atoms with van der Waals surface area (Å²) in [5.74, 6) is -1.02. The predicted octanol–water partition coefficient (Wildman–Crippen LogP) is 4.56. The van der Waals surface area contributed by atoms with Crippen LogP contribution in [0.5, 0.6) is 0 Å². The van der Waals surface area contributed by atoms with E-state index in [2.05, 4.69) is 5.32 Å². The van der Waals surface area contributed by atoms with Crippen LogP contribution in [0.15, 0.2) is 48.5 Å². The van der Waals surface area contributed by atoms with Crippen molar-refractivity contribution in [1.82, 2.24) is 5.32 Å². The van der Waals surface area contributed by atoms with Gasteiger partial charge in [-0.2, -0.15) is 0 Å². The van der Waals surface area contributed by atoms with E-state index in [4.69, 9.17) is 39.5 Å². The van der Waals surface area contributed by atoms with Crippen LogP contribution in [0.4, 0.5) is 0 Å². The minimum atomic E-state index is -0.624. The van der Waals surface area contributed by atoms with Crippen LogP contribution in [0.2, 0.25) is 15.1 Å². The van der Waals surface area contributed by atoms with Crippen LogP contribution in [-0.2, 0) is 20.7 Å². The molecule has 0 unspecified atom stereocenters. The van der Waals surface area contributed by atoms with E-state index in [1.807, 2.05) is 0 Å². The van der Waals surface area contributed by atoms with Crippen molar-refractivity contribution in [3.63, 3.8) is 0 Å². The molecule has 0 aliphatic heterocycles. The van der Waals surface area contributed by atoms with Crippen molar-refractivity contribution in [2.24, 2.45) is 0 Å². The molecule has 1 N–H and O–H groups in total. The number of ether oxygens (including phenoxy) is 1. The zero-order chi connectivity index (χ0) is 18.9. The Kier molecular flexibility index (Phi) is 7.98. The molecule has 2 rings (SSSR count). The van der Waals surface area contributed by atoms with Crippen molar-refractivity contribution < 1.29 is 14.3 Å². The summed E-state index contributed by atoms with van der Waals surface area (Å²) in [6.45, 7) is 0.00719. The Hall–Kier alpha value is -2.01. The van der Waals surface area contributed by atoms with Gasteiger partial charge in [0.2, 0.25) is 0 Å². The zero-order valence-electron chi connectivity index (χ0n) is 13.7. The molecule has 0 atom stereocenters. The molecule has 0 saturated carbocycles. The molecule has 0 spiro atoms. The van der Waals surface area contributed by atoms with Crippen molar-refractivity contribution in [1.29, 1.82) is 0 Å². The fraction of sp³-hybridized carbons (Fsp3) is 0.158. The Morgan fingerprint density at radius 2 is 1.81 bits per heavy atom. The summed E-state index contributed by atoms with van der Waals surface area (Å²) in [5.41, 5.74) is 1.56. The van der Waals surface area contributed by atoms with E-state index >= 15 is 0 Å². The number of hydrogen-bond acceptors (Lipinski definition) is 3. The van der Waals surface area contributed by atoms with Crippen LogP contribution < -0.4 is 5.32 Å². The van der Waals surface area contributed by atoms with E-state index in [0.717, 1.165) is 5.56 Å². The zero-order valence-corrected chi connectivity index (χ0v) is 15.9. The number of nitrogens with one attached hydrogen (secondary N) is 1. The summed E-state index contributed by atoms with van der Waals surface area (Å²) in [5, 5.41) is 4.28. The third-order valence-electron chi connectivity index (χ3n) is 3.38. The highest BCUT2D eigenvalue weighted by atomic mass is 35.5. The van der Waals surface area contributed by atoms with Gasteiger partial charge in [0.1, 0.15) is 0 Å². The molecule has 7 heteroatoms. The van der Waals surface area contributed by atoms with Crippen molar-refractivity contribution in [2.75, 3.05) is 13.2 Å². The smallest absolute Gasteiger partial charge is 0.331 e. The number of rotatable bonds is 7. The van der Waals surface area contributed by atoms with E-state index in [9.17, 15) is 9.59 Å². The SMILES string of the molecule is O=C(COC(=O)C=Cc1ccccc1Cl)NCCc1ccc(Cl)cc1Cl. The number of amides is 1. The first-order valence-electron chi connectivity index (χ1n) is 7.75. The van der Waals surface area contributed by atoms with Gasteiger partial charge in [-0.15, -0.1) is 0 Å². The Bertz CT molecular complexity index is 821. The normalized spacial score (nSPS) is 10.7. The Morgan fingerprint density at radius 1 is 1.04 bits per heavy atom. The van der Waals surface area contributed by atoms with Crippen LogP contribution in [0.1, 0.15) is 11.1 Å². The van der Waals surface area contributed by atoms with Gasteiger partial charge in [-0.05, 0) is 41.8 Å². The van der Waals surface area contributed by atoms with E-state index < -0.39 is 11.9 Å². The van der Waals surface area contributed by atoms with E-state index in [0.29, 0.717) is 33.6 Å². The van der Waals surface area contributed by atoms with E-state index in [-0.39, 0.29) is 6.61 Å². The lowest BCUT2D eigenvalue weighted by atomic mass is 10.1. The molecular weight excluding hydrogens is 397 g/mol. The molecule has 0 fully saturated rings. The number of carbonyl (C=O) groups is 2. The van der Waals surface area contributed by atoms with Gasteiger partial charge in [-0.3, -0.25) is 4.79 Å². The molecule has 0 aliphatic rings. The van der Waals surface area contributed by atoms with Crippen LogP contribution in [0, 0.1) is 0 Å². The monoisotopic (exact) mass is 411 g/mol. The lowest BCUT2D eigenvalue weighted by Crippen LogP contribution is -2.30. The number of halogens is 3. The van der Waals surface area contributed by atoms with Crippen molar-refractivity contribution >= 4 is 52.8 Å². The maximum atomic E-state index is 11.7. The fourth-order valence-electron chi connectivity index (χ4n) is 2.06. The standard InChI is InChI=1S/C19H16Cl3NO3/c20-15-7-5-14(17(22)11-15)9-10-23-18(24)12-26-19(25)8-6-13-3-1-2-4-16(13)21/h1-8,11H,9-10,12H2,(H,23,24). The third kappa shape index (κ3) is 6.71. The van der Waals surface area contributed by atoms with Crippen LogP contribution in [0.25, 0.3) is 6.08 Å². The summed E-state index contributed by atoms with van der Waals surface area (Å²) in [7, 11) is 0. The number of hydrogen-bond donors (Lipinski definition) is 1. The minimum Gasteiger partial charge on any atom is -0.452 e. The summed E-state index contributed by atoms with van der Waals surface area (Å²) in [6.07, 6.45) is 3.30. The highest BCUT2D eigenvalue weighted by Crippen LogP contribution is 2.21. The van der Waals surface area contributed by atoms with Crippen LogP contribution >= 0.6 is 34.8 Å². The van der Waals surface area contributed by atoms with Crippen molar-refractivity contribution in [3.05, 3.63) is 74.7 Å². The molecule has 0 aliphatic carbocycles. The predicted molar refractivity (Wildman–Crippen MR) is 105 cm³/mol. The summed E-state index contributed by atoms with van der Waals surface area (Å²) < 4.78 is 4.88. The average Bonchev–Trinajstić information content (AvgIpc) is 2.61. The van der Waals surface area contributed by atoms with Gasteiger partial charge in [0.25, 0.3) is 5.91 Å². The summed E-state index contributed by atoms with van der Waals surface area (Å²) in [4.78, 5) is 23.4. The van der Waals surface area contributed by atoms with Gasteiger partial charge in [0, 0.05) is 27.7 Å². The van der Waals surface area contributed by atoms with Crippen molar-refractivity contribution in [3.8, 4) is 0 Å². The highest BCUT2D eigenvalue weighted by Gasteiger charge is 2.06. The largest absolute Gasteiger partial charge is 0.452 e. The van der Waals surface area contributed by atoms with E-state index in [1.54, 1.807) is 42.5 Å². The van der Waals surface area contributed by atoms with Crippen LogP contribution in [-0.4, -0.2) is 25.0 Å². The molecular formula is C19H16Cl3NO3. The number of carbonyl (C=O) groups excluding carboxylic acids is 2. The van der Waals surface area contributed by atoms with Gasteiger partial charge in [-0.25, -0.2) is 4.79 Å². The summed E-state index contributed by atoms with van der Waals surface area (Å²) in [6, 6.07) is 12.3. The molecule has 0 aromatic heterocycles. The second-order valence-electron chi connectivity index (χ2n) is 5.30. The Morgan fingerprint density at radius 3 is 2.54 bits per heavy atom. The molecule has 26 heavy (non-hydrogen) atoms. The molecule has 136 valence electrons. The van der Waals surface area contributed by atoms with Gasteiger partial charge < -0.3 is 10.1 Å². The summed E-state index contributed by atoms with van der Waals surface area (Å²) >= 11 is 17.9. The highest BCUT2D eigenvalue weighted by molar-refractivity contribution is 6.35. The molecule has 1 amide bonds. The fourth-order valence-corrected chi connectivity index (χ4v) is 2.77. The maximum Gasteiger partial charge on any atom is 0.331 e. The molecule has 0 heterocycles. The van der Waals surface area contributed by atoms with E-state index in [1.165, 1.54) is 12.2 Å². The topological polar surface area (TPSA) is 55.4 Å². The first-order valence-corrected chi connectivity index (χ1v) is 8.89. The number of esters is 1. The molecule has 0 saturated heterocycles. The minimum absolute atomic E-state index is 0.361. The Labute approximate surface area is 166 Å². The molecule has 4 nitrogen and oxygen atoms in total. The first-order chi connectivity index (χ1) is 12.5. The lowest BCUT2D eigenvalue weighted by Gasteiger charge is -2.07. The Balaban J connectivity index is 1.71. The first kappa shape index (κ1) is 20.3. The van der Waals surface area contributed by atoms with Gasteiger partial charge >= 0.3 is 5.97 Å². The third-order valence-corrected chi connectivity index (χ3v) is 4.31. The van der Waals surface area contributed by atoms with Crippen molar-refractivity contribution in [2.45, 2.75) is 6.42 Å². The molecule has 0 bridgehead atoms. The maximum absolute atomic E-state index is 11.7.